The van der Waals surface area contributed by atoms with Gasteiger partial charge in [-0.05, 0) is 42.3 Å². The molecule has 1 saturated heterocycles. The number of carbonyl (C=O) groups is 1. The third-order valence-corrected chi connectivity index (χ3v) is 4.61. The molecule has 25 heavy (non-hydrogen) atoms. The predicted octanol–water partition coefficient (Wildman–Crippen LogP) is 2.84. The second-order valence-electron chi connectivity index (χ2n) is 6.41. The topological polar surface area (TPSA) is 67.6 Å². The molecule has 3 N–H and O–H groups in total. The molecule has 2 aromatic rings. The van der Waals surface area contributed by atoms with Gasteiger partial charge in [-0.15, -0.1) is 0 Å². The van der Waals surface area contributed by atoms with Crippen molar-refractivity contribution < 1.29 is 9.53 Å². The number of hydrogen-bond donors (Lipinski definition) is 2. The molecule has 5 heteroatoms. The highest BCUT2D eigenvalue weighted by Crippen LogP contribution is 2.22. The lowest BCUT2D eigenvalue weighted by Gasteiger charge is -2.32. The second kappa shape index (κ2) is 8.14. The van der Waals surface area contributed by atoms with E-state index >= 15 is 0 Å². The van der Waals surface area contributed by atoms with E-state index in [1.165, 1.54) is 5.56 Å². The number of benzene rings is 2. The lowest BCUT2D eigenvalue weighted by atomic mass is 10.1. The van der Waals surface area contributed by atoms with Gasteiger partial charge in [0.05, 0.1) is 19.6 Å². The van der Waals surface area contributed by atoms with Crippen LogP contribution in [0.4, 0.5) is 11.4 Å². The highest BCUT2D eigenvalue weighted by molar-refractivity contribution is 5.92. The molecule has 0 radical (unpaired) electrons. The second-order valence-corrected chi connectivity index (χ2v) is 6.41. The third-order valence-electron chi connectivity index (χ3n) is 4.61. The summed E-state index contributed by atoms with van der Waals surface area (Å²) < 4.78 is 5.41. The largest absolute Gasteiger partial charge is 0.399 e. The minimum Gasteiger partial charge on any atom is -0.399 e. The van der Waals surface area contributed by atoms with Crippen molar-refractivity contribution in [1.29, 1.82) is 0 Å². The van der Waals surface area contributed by atoms with Gasteiger partial charge in [0, 0.05) is 30.5 Å². The molecule has 1 fully saturated rings. The first-order valence-electron chi connectivity index (χ1n) is 8.68. The highest BCUT2D eigenvalue weighted by atomic mass is 16.5. The number of rotatable bonds is 5. The van der Waals surface area contributed by atoms with Crippen molar-refractivity contribution in [3.05, 3.63) is 59.7 Å². The summed E-state index contributed by atoms with van der Waals surface area (Å²) in [4.78, 5) is 14.6. The number of morpholine rings is 1. The van der Waals surface area contributed by atoms with Crippen LogP contribution in [-0.4, -0.2) is 37.1 Å². The number of ether oxygens (including phenoxy) is 1. The van der Waals surface area contributed by atoms with Gasteiger partial charge in [-0.25, -0.2) is 0 Å². The van der Waals surface area contributed by atoms with Crippen LogP contribution in [0, 0.1) is 0 Å². The van der Waals surface area contributed by atoms with Crippen molar-refractivity contribution in [2.45, 2.75) is 19.4 Å². The lowest BCUT2D eigenvalue weighted by molar-refractivity contribution is -0.115. The van der Waals surface area contributed by atoms with Gasteiger partial charge in [-0.3, -0.25) is 9.69 Å². The Morgan fingerprint density at radius 3 is 2.40 bits per heavy atom. The van der Waals surface area contributed by atoms with Crippen LogP contribution in [0.1, 0.15) is 24.1 Å². The maximum absolute atomic E-state index is 12.2. The van der Waals surface area contributed by atoms with Crippen molar-refractivity contribution in [3.8, 4) is 0 Å². The Labute approximate surface area is 148 Å². The summed E-state index contributed by atoms with van der Waals surface area (Å²) in [6, 6.07) is 15.8. The molecule has 1 aliphatic rings. The van der Waals surface area contributed by atoms with E-state index in [4.69, 9.17) is 10.5 Å². The summed E-state index contributed by atoms with van der Waals surface area (Å²) in [5.41, 5.74) is 9.38. The monoisotopic (exact) mass is 339 g/mol. The fourth-order valence-corrected chi connectivity index (χ4v) is 3.05. The van der Waals surface area contributed by atoms with Gasteiger partial charge in [-0.2, -0.15) is 0 Å². The number of nitrogens with two attached hydrogens (primary N) is 1. The van der Waals surface area contributed by atoms with Gasteiger partial charge in [0.15, 0.2) is 0 Å². The number of anilines is 2. The van der Waals surface area contributed by atoms with Gasteiger partial charge in [0.2, 0.25) is 5.91 Å². The normalized spacial score (nSPS) is 16.4. The maximum Gasteiger partial charge on any atom is 0.228 e. The zero-order valence-electron chi connectivity index (χ0n) is 14.6. The first kappa shape index (κ1) is 17.5. The number of amides is 1. The Hall–Kier alpha value is -2.37. The van der Waals surface area contributed by atoms with Gasteiger partial charge in [0.1, 0.15) is 0 Å². The van der Waals surface area contributed by atoms with Gasteiger partial charge in [-0.1, -0.05) is 24.3 Å². The van der Waals surface area contributed by atoms with E-state index in [9.17, 15) is 4.79 Å². The molecule has 1 unspecified atom stereocenters. The predicted molar refractivity (Wildman–Crippen MR) is 100 cm³/mol. The van der Waals surface area contributed by atoms with Crippen LogP contribution in [0.2, 0.25) is 0 Å². The van der Waals surface area contributed by atoms with Crippen molar-refractivity contribution in [1.82, 2.24) is 4.90 Å². The van der Waals surface area contributed by atoms with E-state index in [2.05, 4.69) is 29.3 Å². The van der Waals surface area contributed by atoms with Crippen molar-refractivity contribution in [2.75, 3.05) is 37.4 Å². The smallest absolute Gasteiger partial charge is 0.228 e. The molecular weight excluding hydrogens is 314 g/mol. The number of nitrogens with one attached hydrogen (secondary N) is 1. The Kier molecular flexibility index (Phi) is 5.68. The minimum atomic E-state index is -0.0289. The van der Waals surface area contributed by atoms with E-state index in [1.807, 2.05) is 36.4 Å². The molecule has 1 heterocycles. The van der Waals surface area contributed by atoms with Crippen molar-refractivity contribution >= 4 is 17.3 Å². The van der Waals surface area contributed by atoms with Crippen LogP contribution in [0.25, 0.3) is 0 Å². The van der Waals surface area contributed by atoms with Crippen LogP contribution >= 0.6 is 0 Å². The Morgan fingerprint density at radius 1 is 1.12 bits per heavy atom. The summed E-state index contributed by atoms with van der Waals surface area (Å²) >= 11 is 0. The quantitative estimate of drug-likeness (QED) is 0.822. The lowest BCUT2D eigenvalue weighted by Crippen LogP contribution is -2.37. The Balaban J connectivity index is 1.56. The standard InChI is InChI=1S/C20H25N3O2/c1-15(23-10-12-25-13-11-23)17-4-8-19(9-5-17)22-20(24)14-16-2-6-18(21)7-3-16/h2-9,15H,10-14,21H2,1H3,(H,22,24). The van der Waals surface area contributed by atoms with Gasteiger partial charge in [0.25, 0.3) is 0 Å². The molecule has 5 nitrogen and oxygen atoms in total. The fourth-order valence-electron chi connectivity index (χ4n) is 3.05. The highest BCUT2D eigenvalue weighted by Gasteiger charge is 2.18. The average molecular weight is 339 g/mol. The van der Waals surface area contributed by atoms with Crippen LogP contribution in [0.15, 0.2) is 48.5 Å². The fraction of sp³-hybridized carbons (Fsp3) is 0.350. The summed E-state index contributed by atoms with van der Waals surface area (Å²) in [6.45, 7) is 5.72. The maximum atomic E-state index is 12.2. The van der Waals surface area contributed by atoms with E-state index in [0.29, 0.717) is 18.2 Å². The van der Waals surface area contributed by atoms with Crippen LogP contribution in [-0.2, 0) is 16.0 Å². The molecule has 0 spiro atoms. The van der Waals surface area contributed by atoms with E-state index in [0.717, 1.165) is 37.6 Å². The van der Waals surface area contributed by atoms with Crippen LogP contribution in [0.3, 0.4) is 0 Å². The van der Waals surface area contributed by atoms with E-state index < -0.39 is 0 Å². The summed E-state index contributed by atoms with van der Waals surface area (Å²) in [5.74, 6) is -0.0289. The zero-order valence-corrected chi connectivity index (χ0v) is 14.6. The molecule has 1 aliphatic heterocycles. The molecule has 1 amide bonds. The van der Waals surface area contributed by atoms with Gasteiger partial charge >= 0.3 is 0 Å². The molecule has 1 atom stereocenters. The summed E-state index contributed by atoms with van der Waals surface area (Å²) in [6.07, 6.45) is 0.339. The molecule has 2 aromatic carbocycles. The minimum absolute atomic E-state index is 0.0289. The van der Waals surface area contributed by atoms with Crippen molar-refractivity contribution in [2.24, 2.45) is 0 Å². The van der Waals surface area contributed by atoms with Crippen LogP contribution in [0.5, 0.6) is 0 Å². The molecule has 3 rings (SSSR count). The molecule has 132 valence electrons. The molecule has 0 saturated carbocycles. The van der Waals surface area contributed by atoms with E-state index in [1.54, 1.807) is 0 Å². The summed E-state index contributed by atoms with van der Waals surface area (Å²) in [7, 11) is 0. The SMILES string of the molecule is CC(c1ccc(NC(=O)Cc2ccc(N)cc2)cc1)N1CCOCC1. The molecule has 0 aromatic heterocycles. The Bertz CT molecular complexity index is 692. The first-order chi connectivity index (χ1) is 12.1. The number of nitrogen functional groups attached to an aromatic ring is 1. The van der Waals surface area contributed by atoms with Crippen molar-refractivity contribution in [3.63, 3.8) is 0 Å². The number of carbonyl (C=O) groups excluding carboxylic acids is 1. The number of nitrogens with zero attached hydrogens (tertiary/aromatic N) is 1. The Morgan fingerprint density at radius 2 is 1.76 bits per heavy atom. The molecular formula is C20H25N3O2. The van der Waals surface area contributed by atoms with E-state index in [-0.39, 0.29) is 5.91 Å². The summed E-state index contributed by atoms with van der Waals surface area (Å²) in [5, 5.41) is 2.95. The zero-order chi connectivity index (χ0) is 17.6. The first-order valence-corrected chi connectivity index (χ1v) is 8.68. The molecule has 0 aliphatic carbocycles. The van der Waals surface area contributed by atoms with Crippen LogP contribution < -0.4 is 11.1 Å². The van der Waals surface area contributed by atoms with Gasteiger partial charge < -0.3 is 15.8 Å². The third kappa shape index (κ3) is 4.81. The molecule has 0 bridgehead atoms. The average Bonchev–Trinajstić information content (AvgIpc) is 2.64. The number of hydrogen-bond acceptors (Lipinski definition) is 4.